The highest BCUT2D eigenvalue weighted by atomic mass is 32.2. The van der Waals surface area contributed by atoms with Crippen molar-refractivity contribution in [2.75, 3.05) is 4.90 Å². The van der Waals surface area contributed by atoms with Crippen LogP contribution in [0.15, 0.2) is 88.4 Å². The van der Waals surface area contributed by atoms with E-state index in [1.54, 1.807) is 36.4 Å². The molecule has 6 heteroatoms. The number of aliphatic hydroxyl groups excluding tert-OH is 1. The SMILES string of the molecule is Cc1ccc([C@@H]2C(S(=O)(=O)c3ccc(C)cc3)=C(O)C(=O)N2c2ccc(C(C)C)cc2)cc1. The number of amides is 1. The predicted molar refractivity (Wildman–Crippen MR) is 130 cm³/mol. The van der Waals surface area contributed by atoms with Crippen LogP contribution in [0, 0.1) is 13.8 Å². The molecule has 0 unspecified atom stereocenters. The molecule has 3 aromatic carbocycles. The number of rotatable bonds is 5. The topological polar surface area (TPSA) is 74.7 Å². The molecule has 0 radical (unpaired) electrons. The number of hydrogen-bond acceptors (Lipinski definition) is 4. The summed E-state index contributed by atoms with van der Waals surface area (Å²) >= 11 is 0. The maximum atomic E-state index is 13.7. The van der Waals surface area contributed by atoms with E-state index in [0.29, 0.717) is 17.2 Å². The van der Waals surface area contributed by atoms with Gasteiger partial charge in [0.05, 0.1) is 4.90 Å². The van der Waals surface area contributed by atoms with Gasteiger partial charge in [0.15, 0.2) is 5.76 Å². The fourth-order valence-electron chi connectivity index (χ4n) is 4.04. The lowest BCUT2D eigenvalue weighted by molar-refractivity contribution is -0.117. The predicted octanol–water partition coefficient (Wildman–Crippen LogP) is 5.76. The lowest BCUT2D eigenvalue weighted by atomic mass is 10.0. The Morgan fingerprint density at radius 1 is 0.818 bits per heavy atom. The van der Waals surface area contributed by atoms with Gasteiger partial charge in [-0.15, -0.1) is 0 Å². The third-order valence-electron chi connectivity index (χ3n) is 6.01. The molecular weight excluding hydrogens is 434 g/mol. The van der Waals surface area contributed by atoms with Gasteiger partial charge in [-0.2, -0.15) is 0 Å². The summed E-state index contributed by atoms with van der Waals surface area (Å²) in [5.74, 6) is -1.16. The second kappa shape index (κ2) is 8.52. The summed E-state index contributed by atoms with van der Waals surface area (Å²) < 4.78 is 27.4. The number of benzene rings is 3. The molecule has 170 valence electrons. The van der Waals surface area contributed by atoms with Crippen LogP contribution < -0.4 is 4.90 Å². The lowest BCUT2D eigenvalue weighted by Gasteiger charge is -2.27. The van der Waals surface area contributed by atoms with Gasteiger partial charge in [-0.1, -0.05) is 73.5 Å². The van der Waals surface area contributed by atoms with Gasteiger partial charge in [-0.05, 0) is 55.2 Å². The van der Waals surface area contributed by atoms with Crippen LogP contribution in [0.1, 0.15) is 48.1 Å². The van der Waals surface area contributed by atoms with Crippen molar-refractivity contribution in [3.63, 3.8) is 0 Å². The molecule has 1 N–H and O–H groups in total. The first-order valence-electron chi connectivity index (χ1n) is 10.9. The fourth-order valence-corrected chi connectivity index (χ4v) is 5.66. The van der Waals surface area contributed by atoms with Crippen molar-refractivity contribution in [1.82, 2.24) is 0 Å². The number of carbonyl (C=O) groups excluding carboxylic acids is 1. The van der Waals surface area contributed by atoms with Crippen LogP contribution >= 0.6 is 0 Å². The Labute approximate surface area is 194 Å². The number of anilines is 1. The summed E-state index contributed by atoms with van der Waals surface area (Å²) in [5, 5.41) is 10.9. The molecule has 1 heterocycles. The van der Waals surface area contributed by atoms with Crippen LogP contribution in [0.25, 0.3) is 0 Å². The van der Waals surface area contributed by atoms with E-state index in [1.165, 1.54) is 17.0 Å². The van der Waals surface area contributed by atoms with Crippen LogP contribution in [0.3, 0.4) is 0 Å². The second-order valence-corrected chi connectivity index (χ2v) is 10.7. The molecule has 4 rings (SSSR count). The first-order valence-corrected chi connectivity index (χ1v) is 12.3. The van der Waals surface area contributed by atoms with Crippen molar-refractivity contribution in [1.29, 1.82) is 0 Å². The zero-order valence-electron chi connectivity index (χ0n) is 19.1. The number of nitrogens with zero attached hydrogens (tertiary/aromatic N) is 1. The minimum absolute atomic E-state index is 0.0385. The Morgan fingerprint density at radius 2 is 1.33 bits per heavy atom. The Bertz CT molecular complexity index is 1320. The van der Waals surface area contributed by atoms with Crippen molar-refractivity contribution in [2.24, 2.45) is 0 Å². The minimum Gasteiger partial charge on any atom is -0.502 e. The Balaban J connectivity index is 1.90. The Morgan fingerprint density at radius 3 is 1.85 bits per heavy atom. The molecule has 0 saturated heterocycles. The molecule has 1 amide bonds. The summed E-state index contributed by atoms with van der Waals surface area (Å²) in [6.45, 7) is 7.95. The van der Waals surface area contributed by atoms with Crippen molar-refractivity contribution in [3.8, 4) is 0 Å². The molecule has 0 aromatic heterocycles. The summed E-state index contributed by atoms with van der Waals surface area (Å²) in [7, 11) is -4.14. The van der Waals surface area contributed by atoms with E-state index in [2.05, 4.69) is 13.8 Å². The van der Waals surface area contributed by atoms with E-state index in [4.69, 9.17) is 0 Å². The molecule has 0 bridgehead atoms. The minimum atomic E-state index is -4.14. The summed E-state index contributed by atoms with van der Waals surface area (Å²) in [6, 6.07) is 20.2. The summed E-state index contributed by atoms with van der Waals surface area (Å²) in [5.41, 5.74) is 4.15. The van der Waals surface area contributed by atoms with Crippen molar-refractivity contribution in [2.45, 2.75) is 44.6 Å². The highest BCUT2D eigenvalue weighted by Crippen LogP contribution is 2.45. The number of aliphatic hydroxyl groups is 1. The molecule has 33 heavy (non-hydrogen) atoms. The van der Waals surface area contributed by atoms with E-state index in [9.17, 15) is 18.3 Å². The van der Waals surface area contributed by atoms with Crippen molar-refractivity contribution >= 4 is 21.4 Å². The molecular formula is C27H27NO4S. The fraction of sp³-hybridized carbons (Fsp3) is 0.222. The molecule has 0 aliphatic carbocycles. The second-order valence-electron chi connectivity index (χ2n) is 8.76. The molecule has 5 nitrogen and oxygen atoms in total. The molecule has 1 aliphatic rings. The lowest BCUT2D eigenvalue weighted by Crippen LogP contribution is -2.31. The van der Waals surface area contributed by atoms with Gasteiger partial charge >= 0.3 is 0 Å². The number of hydrogen-bond donors (Lipinski definition) is 1. The number of sulfone groups is 1. The van der Waals surface area contributed by atoms with Crippen LogP contribution in [-0.2, 0) is 14.6 Å². The van der Waals surface area contributed by atoms with Gasteiger partial charge in [0.1, 0.15) is 10.9 Å². The zero-order valence-corrected chi connectivity index (χ0v) is 19.9. The smallest absolute Gasteiger partial charge is 0.295 e. The number of aryl methyl sites for hydroxylation is 2. The van der Waals surface area contributed by atoms with E-state index in [1.807, 2.05) is 38.1 Å². The monoisotopic (exact) mass is 461 g/mol. The molecule has 0 spiro atoms. The molecule has 1 aliphatic heterocycles. The third-order valence-corrected chi connectivity index (χ3v) is 7.90. The van der Waals surface area contributed by atoms with Crippen LogP contribution in [0.4, 0.5) is 5.69 Å². The average Bonchev–Trinajstić information content (AvgIpc) is 3.06. The first-order chi connectivity index (χ1) is 15.6. The van der Waals surface area contributed by atoms with Gasteiger partial charge in [0.2, 0.25) is 9.84 Å². The molecule has 0 fully saturated rings. The standard InChI is InChI=1S/C27H27NO4S/c1-17(2)20-11-13-22(14-12-20)28-24(21-9-5-18(3)6-10-21)26(25(29)27(28)30)33(31,32)23-15-7-19(4)8-16-23/h5-17,24,29H,1-4H3/t24-/m1/s1. The molecule has 1 atom stereocenters. The Hall–Kier alpha value is -3.38. The largest absolute Gasteiger partial charge is 0.502 e. The van der Waals surface area contributed by atoms with Crippen LogP contribution in [-0.4, -0.2) is 19.4 Å². The van der Waals surface area contributed by atoms with E-state index in [-0.39, 0.29) is 9.80 Å². The summed E-state index contributed by atoms with van der Waals surface area (Å²) in [6.07, 6.45) is 0. The van der Waals surface area contributed by atoms with Gasteiger partial charge in [0.25, 0.3) is 5.91 Å². The van der Waals surface area contributed by atoms with E-state index in [0.717, 1.165) is 16.7 Å². The zero-order chi connectivity index (χ0) is 23.9. The van der Waals surface area contributed by atoms with Crippen LogP contribution in [0.5, 0.6) is 0 Å². The van der Waals surface area contributed by atoms with Gasteiger partial charge < -0.3 is 5.11 Å². The normalized spacial score (nSPS) is 16.7. The maximum Gasteiger partial charge on any atom is 0.295 e. The third kappa shape index (κ3) is 4.07. The maximum absolute atomic E-state index is 13.7. The molecule has 3 aromatic rings. The van der Waals surface area contributed by atoms with E-state index < -0.39 is 27.5 Å². The van der Waals surface area contributed by atoms with Gasteiger partial charge in [-0.3, -0.25) is 9.69 Å². The quantitative estimate of drug-likeness (QED) is 0.524. The van der Waals surface area contributed by atoms with Crippen LogP contribution in [0.2, 0.25) is 0 Å². The Kier molecular flexibility index (Phi) is 5.89. The van der Waals surface area contributed by atoms with Gasteiger partial charge in [-0.25, -0.2) is 8.42 Å². The number of carbonyl (C=O) groups is 1. The van der Waals surface area contributed by atoms with Crippen molar-refractivity contribution in [3.05, 3.63) is 106 Å². The summed E-state index contributed by atoms with van der Waals surface area (Å²) in [4.78, 5) is 14.4. The average molecular weight is 462 g/mol. The first kappa shape index (κ1) is 22.8. The van der Waals surface area contributed by atoms with Gasteiger partial charge in [0, 0.05) is 5.69 Å². The molecule has 0 saturated carbocycles. The highest BCUT2D eigenvalue weighted by molar-refractivity contribution is 7.95. The van der Waals surface area contributed by atoms with E-state index >= 15 is 0 Å². The van der Waals surface area contributed by atoms with Crippen molar-refractivity contribution < 1.29 is 18.3 Å². The highest BCUT2D eigenvalue weighted by Gasteiger charge is 2.47.